The lowest BCUT2D eigenvalue weighted by atomic mass is 10.2. The maximum Gasteiger partial charge on any atom is 0.250 e. The fourth-order valence-corrected chi connectivity index (χ4v) is 2.42. The Bertz CT molecular complexity index is 790. The van der Waals surface area contributed by atoms with Crippen molar-refractivity contribution in [2.45, 2.75) is 20.0 Å². The van der Waals surface area contributed by atoms with E-state index in [9.17, 15) is 4.79 Å². The Morgan fingerprint density at radius 1 is 1.16 bits per heavy atom. The number of hydrogen-bond acceptors (Lipinski definition) is 3. The molecule has 2 aromatic rings. The average molecular weight is 375 g/mol. The van der Waals surface area contributed by atoms with Gasteiger partial charge >= 0.3 is 0 Å². The Kier molecular flexibility index (Phi) is 6.98. The van der Waals surface area contributed by atoms with Gasteiger partial charge in [-0.2, -0.15) is 0 Å². The molecule has 2 N–H and O–H groups in total. The summed E-state index contributed by atoms with van der Waals surface area (Å²) in [7, 11) is 0. The molecule has 0 unspecified atom stereocenters. The summed E-state index contributed by atoms with van der Waals surface area (Å²) in [5, 5.41) is 6.33. The standard InChI is InChI=1S/C19H19ClN2O2S/c1-13(2)24-17-10-6-5-9-16(17)21-19(25)22-18(23)12-11-14-7-3-4-8-15(14)20/h3-13H,1-2H3,(H2,21,22,23,25)/b12-11+. The van der Waals surface area contributed by atoms with Crippen LogP contribution >= 0.6 is 23.8 Å². The highest BCUT2D eigenvalue weighted by Gasteiger charge is 2.08. The molecule has 6 heteroatoms. The average Bonchev–Trinajstić information content (AvgIpc) is 2.55. The normalized spacial score (nSPS) is 10.7. The van der Waals surface area contributed by atoms with E-state index in [1.54, 1.807) is 12.1 Å². The van der Waals surface area contributed by atoms with Crippen LogP contribution in [0, 0.1) is 0 Å². The molecule has 0 bridgehead atoms. The minimum absolute atomic E-state index is 0.0321. The summed E-state index contributed by atoms with van der Waals surface area (Å²) in [6.45, 7) is 3.88. The van der Waals surface area contributed by atoms with Gasteiger partial charge in [-0.05, 0) is 55.9 Å². The van der Waals surface area contributed by atoms with Gasteiger partial charge in [0.2, 0.25) is 5.91 Å². The number of carbonyl (C=O) groups excluding carboxylic acids is 1. The van der Waals surface area contributed by atoms with Gasteiger partial charge in [0.25, 0.3) is 0 Å². The molecular formula is C19H19ClN2O2S. The fraction of sp³-hybridized carbons (Fsp3) is 0.158. The summed E-state index contributed by atoms with van der Waals surface area (Å²) < 4.78 is 5.71. The molecule has 0 radical (unpaired) electrons. The first kappa shape index (κ1) is 19.0. The van der Waals surface area contributed by atoms with Gasteiger partial charge in [0.05, 0.1) is 11.8 Å². The largest absolute Gasteiger partial charge is 0.489 e. The summed E-state index contributed by atoms with van der Waals surface area (Å²) >= 11 is 11.2. The topological polar surface area (TPSA) is 50.4 Å². The van der Waals surface area contributed by atoms with E-state index in [-0.39, 0.29) is 17.1 Å². The molecule has 0 saturated carbocycles. The number of para-hydroxylation sites is 2. The molecule has 0 aliphatic rings. The van der Waals surface area contributed by atoms with Crippen molar-refractivity contribution in [1.29, 1.82) is 0 Å². The van der Waals surface area contributed by atoms with Gasteiger partial charge < -0.3 is 10.1 Å². The highest BCUT2D eigenvalue weighted by molar-refractivity contribution is 7.80. The third kappa shape index (κ3) is 6.21. The zero-order chi connectivity index (χ0) is 18.2. The molecule has 25 heavy (non-hydrogen) atoms. The van der Waals surface area contributed by atoms with E-state index < -0.39 is 0 Å². The number of halogens is 1. The van der Waals surface area contributed by atoms with Gasteiger partial charge in [0.1, 0.15) is 5.75 Å². The summed E-state index contributed by atoms with van der Waals surface area (Å²) in [5.41, 5.74) is 1.45. The van der Waals surface area contributed by atoms with Crippen LogP contribution in [0.4, 0.5) is 5.69 Å². The molecule has 0 atom stereocenters. The van der Waals surface area contributed by atoms with E-state index in [2.05, 4.69) is 10.6 Å². The molecule has 2 aromatic carbocycles. The van der Waals surface area contributed by atoms with Crippen LogP contribution < -0.4 is 15.4 Å². The molecule has 0 aliphatic heterocycles. The number of nitrogens with one attached hydrogen (secondary N) is 2. The van der Waals surface area contributed by atoms with E-state index in [0.29, 0.717) is 16.5 Å². The number of thiocarbonyl (C=S) groups is 1. The van der Waals surface area contributed by atoms with E-state index in [4.69, 9.17) is 28.6 Å². The zero-order valence-corrected chi connectivity index (χ0v) is 15.5. The van der Waals surface area contributed by atoms with Crippen molar-refractivity contribution in [3.05, 3.63) is 65.2 Å². The van der Waals surface area contributed by atoms with Crippen molar-refractivity contribution in [3.8, 4) is 5.75 Å². The van der Waals surface area contributed by atoms with Gasteiger partial charge in [-0.15, -0.1) is 0 Å². The second-order valence-corrected chi connectivity index (χ2v) is 6.28. The number of benzene rings is 2. The lowest BCUT2D eigenvalue weighted by molar-refractivity contribution is -0.115. The summed E-state index contributed by atoms with van der Waals surface area (Å²) in [6, 6.07) is 14.7. The zero-order valence-electron chi connectivity index (χ0n) is 14.0. The van der Waals surface area contributed by atoms with Crippen LogP contribution in [0.5, 0.6) is 5.75 Å². The highest BCUT2D eigenvalue weighted by Crippen LogP contribution is 2.24. The summed E-state index contributed by atoms with van der Waals surface area (Å²) in [5.74, 6) is 0.320. The first-order chi connectivity index (χ1) is 12.0. The number of amides is 1. The van der Waals surface area contributed by atoms with Gasteiger partial charge in [-0.25, -0.2) is 0 Å². The fourth-order valence-electron chi connectivity index (χ4n) is 2.01. The van der Waals surface area contributed by atoms with Crippen molar-refractivity contribution in [2.75, 3.05) is 5.32 Å². The lowest BCUT2D eigenvalue weighted by Gasteiger charge is -2.15. The first-order valence-electron chi connectivity index (χ1n) is 7.76. The Balaban J connectivity index is 1.96. The smallest absolute Gasteiger partial charge is 0.250 e. The van der Waals surface area contributed by atoms with Gasteiger partial charge in [0, 0.05) is 11.1 Å². The van der Waals surface area contributed by atoms with Gasteiger partial charge in [0.15, 0.2) is 5.11 Å². The number of rotatable bonds is 5. The van der Waals surface area contributed by atoms with E-state index in [1.807, 2.05) is 56.3 Å². The SMILES string of the molecule is CC(C)Oc1ccccc1NC(=S)NC(=O)/C=C/c1ccccc1Cl. The Morgan fingerprint density at radius 3 is 2.56 bits per heavy atom. The first-order valence-corrected chi connectivity index (χ1v) is 8.54. The molecule has 1 amide bonds. The number of anilines is 1. The van der Waals surface area contributed by atoms with Gasteiger partial charge in [-0.3, -0.25) is 10.1 Å². The molecule has 0 aliphatic carbocycles. The summed E-state index contributed by atoms with van der Waals surface area (Å²) in [6.07, 6.45) is 3.05. The predicted octanol–water partition coefficient (Wildman–Crippen LogP) is 4.65. The van der Waals surface area contributed by atoms with Crippen LogP contribution in [0.25, 0.3) is 6.08 Å². The molecular weight excluding hydrogens is 356 g/mol. The van der Waals surface area contributed by atoms with Crippen LogP contribution in [-0.4, -0.2) is 17.1 Å². The van der Waals surface area contributed by atoms with Crippen molar-refractivity contribution >= 4 is 46.6 Å². The molecule has 130 valence electrons. The van der Waals surface area contributed by atoms with Crippen LogP contribution in [0.3, 0.4) is 0 Å². The van der Waals surface area contributed by atoms with E-state index in [0.717, 1.165) is 5.56 Å². The Morgan fingerprint density at radius 2 is 1.84 bits per heavy atom. The molecule has 2 rings (SSSR count). The van der Waals surface area contributed by atoms with Crippen molar-refractivity contribution < 1.29 is 9.53 Å². The molecule has 0 spiro atoms. The molecule has 4 nitrogen and oxygen atoms in total. The minimum Gasteiger partial charge on any atom is -0.489 e. The van der Waals surface area contributed by atoms with Crippen molar-refractivity contribution in [3.63, 3.8) is 0 Å². The quantitative estimate of drug-likeness (QED) is 0.590. The number of hydrogen-bond donors (Lipinski definition) is 2. The van der Waals surface area contributed by atoms with Crippen molar-refractivity contribution in [1.82, 2.24) is 5.32 Å². The molecule has 0 aromatic heterocycles. The Hall–Kier alpha value is -2.37. The second kappa shape index (κ2) is 9.20. The monoisotopic (exact) mass is 374 g/mol. The van der Waals surface area contributed by atoms with E-state index in [1.165, 1.54) is 6.08 Å². The van der Waals surface area contributed by atoms with Crippen molar-refractivity contribution in [2.24, 2.45) is 0 Å². The highest BCUT2D eigenvalue weighted by atomic mass is 35.5. The molecule has 0 fully saturated rings. The number of ether oxygens (including phenoxy) is 1. The molecule has 0 heterocycles. The maximum absolute atomic E-state index is 12.0. The lowest BCUT2D eigenvalue weighted by Crippen LogP contribution is -2.33. The van der Waals surface area contributed by atoms with Crippen LogP contribution in [0.15, 0.2) is 54.6 Å². The minimum atomic E-state index is -0.348. The van der Waals surface area contributed by atoms with Crippen LogP contribution in [0.1, 0.15) is 19.4 Å². The maximum atomic E-state index is 12.0. The Labute approximate surface area is 157 Å². The second-order valence-electron chi connectivity index (χ2n) is 5.46. The van der Waals surface area contributed by atoms with Gasteiger partial charge in [-0.1, -0.05) is 41.9 Å². The predicted molar refractivity (Wildman–Crippen MR) is 107 cm³/mol. The van der Waals surface area contributed by atoms with E-state index >= 15 is 0 Å². The van der Waals surface area contributed by atoms with Crippen LogP contribution in [-0.2, 0) is 4.79 Å². The number of carbonyl (C=O) groups is 1. The third-order valence-corrected chi connectivity index (χ3v) is 3.60. The summed E-state index contributed by atoms with van der Waals surface area (Å²) in [4.78, 5) is 12.0. The van der Waals surface area contributed by atoms with Crippen LogP contribution in [0.2, 0.25) is 5.02 Å². The third-order valence-electron chi connectivity index (χ3n) is 3.05. The molecule has 0 saturated heterocycles.